The van der Waals surface area contributed by atoms with Crippen LogP contribution in [0.25, 0.3) is 21.8 Å². The normalized spacial score (nSPS) is 14.8. The standard InChI is InChI=1S/C21H21F3N4O2S/c22-15-3-1-14(2-4-15)19-17(11-26-28(19)21(23)24)20-27-16(12-31-20)9-18(29)25-10-13-5-7-30-8-6-13/h1-4,11-13,21H,5-10H2,(H,25,29). The predicted octanol–water partition coefficient (Wildman–Crippen LogP) is 4.29. The van der Waals surface area contributed by atoms with E-state index < -0.39 is 12.4 Å². The number of rotatable bonds is 7. The Labute approximate surface area is 181 Å². The Morgan fingerprint density at radius 3 is 2.71 bits per heavy atom. The molecule has 164 valence electrons. The van der Waals surface area contributed by atoms with Crippen molar-refractivity contribution in [3.63, 3.8) is 0 Å². The molecule has 0 aliphatic carbocycles. The molecule has 3 heterocycles. The van der Waals surface area contributed by atoms with Gasteiger partial charge in [0, 0.05) is 30.7 Å². The first-order valence-electron chi connectivity index (χ1n) is 9.92. The van der Waals surface area contributed by atoms with Crippen LogP contribution in [0.4, 0.5) is 13.2 Å². The van der Waals surface area contributed by atoms with Crippen molar-refractivity contribution >= 4 is 17.2 Å². The highest BCUT2D eigenvalue weighted by atomic mass is 32.1. The van der Waals surface area contributed by atoms with Crippen LogP contribution in [0.3, 0.4) is 0 Å². The number of thiazole rings is 1. The van der Waals surface area contributed by atoms with Crippen LogP contribution >= 0.6 is 11.3 Å². The first kappa shape index (κ1) is 21.5. The number of nitrogens with one attached hydrogen (secondary N) is 1. The van der Waals surface area contributed by atoms with Gasteiger partial charge in [-0.25, -0.2) is 14.1 Å². The third-order valence-electron chi connectivity index (χ3n) is 5.15. The molecule has 10 heteroatoms. The van der Waals surface area contributed by atoms with Gasteiger partial charge in [0.15, 0.2) is 0 Å². The van der Waals surface area contributed by atoms with Crippen molar-refractivity contribution in [2.24, 2.45) is 5.92 Å². The van der Waals surface area contributed by atoms with Crippen LogP contribution in [0, 0.1) is 11.7 Å². The summed E-state index contributed by atoms with van der Waals surface area (Å²) >= 11 is 1.25. The molecule has 1 aliphatic heterocycles. The number of alkyl halides is 2. The number of nitrogens with zero attached hydrogens (tertiary/aromatic N) is 3. The van der Waals surface area contributed by atoms with Crippen molar-refractivity contribution in [1.82, 2.24) is 20.1 Å². The first-order chi connectivity index (χ1) is 15.0. The highest BCUT2D eigenvalue weighted by Gasteiger charge is 2.22. The van der Waals surface area contributed by atoms with Crippen molar-refractivity contribution in [2.45, 2.75) is 25.8 Å². The highest BCUT2D eigenvalue weighted by molar-refractivity contribution is 7.13. The maximum absolute atomic E-state index is 13.5. The minimum atomic E-state index is -2.86. The summed E-state index contributed by atoms with van der Waals surface area (Å²) in [5.41, 5.74) is 1.52. The maximum atomic E-state index is 13.5. The first-order valence-corrected chi connectivity index (χ1v) is 10.8. The van der Waals surface area contributed by atoms with Crippen molar-refractivity contribution in [3.05, 3.63) is 47.4 Å². The molecule has 3 aromatic rings. The van der Waals surface area contributed by atoms with E-state index in [2.05, 4.69) is 15.4 Å². The number of benzene rings is 1. The van der Waals surface area contributed by atoms with Gasteiger partial charge in [-0.15, -0.1) is 11.3 Å². The molecule has 0 atom stereocenters. The molecule has 0 saturated carbocycles. The number of hydrogen-bond acceptors (Lipinski definition) is 5. The topological polar surface area (TPSA) is 69.0 Å². The average Bonchev–Trinajstić information content (AvgIpc) is 3.41. The van der Waals surface area contributed by atoms with E-state index >= 15 is 0 Å². The molecule has 1 N–H and O–H groups in total. The molecule has 0 bridgehead atoms. The number of ether oxygens (including phenoxy) is 1. The fourth-order valence-electron chi connectivity index (χ4n) is 3.51. The van der Waals surface area contributed by atoms with Gasteiger partial charge in [0.1, 0.15) is 10.8 Å². The summed E-state index contributed by atoms with van der Waals surface area (Å²) in [6.07, 6.45) is 3.29. The predicted molar refractivity (Wildman–Crippen MR) is 110 cm³/mol. The average molecular weight is 450 g/mol. The molecular formula is C21H21F3N4O2S. The minimum absolute atomic E-state index is 0.106. The highest BCUT2D eigenvalue weighted by Crippen LogP contribution is 2.36. The Morgan fingerprint density at radius 1 is 1.26 bits per heavy atom. The van der Waals surface area contributed by atoms with E-state index in [0.29, 0.717) is 39.0 Å². The second-order valence-corrected chi connectivity index (χ2v) is 8.17. The fraction of sp³-hybridized carbons (Fsp3) is 0.381. The lowest BCUT2D eigenvalue weighted by molar-refractivity contribution is -0.120. The van der Waals surface area contributed by atoms with Gasteiger partial charge in [0.2, 0.25) is 5.91 Å². The molecule has 1 aliphatic rings. The second kappa shape index (κ2) is 9.61. The minimum Gasteiger partial charge on any atom is -0.381 e. The monoisotopic (exact) mass is 450 g/mol. The van der Waals surface area contributed by atoms with Gasteiger partial charge in [0.05, 0.1) is 29.6 Å². The molecule has 0 radical (unpaired) electrons. The molecule has 1 saturated heterocycles. The van der Waals surface area contributed by atoms with Crippen molar-refractivity contribution < 1.29 is 22.7 Å². The van der Waals surface area contributed by atoms with Gasteiger partial charge < -0.3 is 10.1 Å². The summed E-state index contributed by atoms with van der Waals surface area (Å²) in [6, 6.07) is 5.26. The summed E-state index contributed by atoms with van der Waals surface area (Å²) in [6.45, 7) is -0.809. The van der Waals surface area contributed by atoms with Crippen LogP contribution in [0.5, 0.6) is 0 Å². The molecule has 6 nitrogen and oxygen atoms in total. The Hall–Kier alpha value is -2.72. The molecule has 0 spiro atoms. The van der Waals surface area contributed by atoms with E-state index in [1.54, 1.807) is 5.38 Å². The van der Waals surface area contributed by atoms with Crippen LogP contribution in [-0.4, -0.2) is 40.4 Å². The molecule has 1 aromatic carbocycles. The zero-order chi connectivity index (χ0) is 21.8. The van der Waals surface area contributed by atoms with Gasteiger partial charge in [-0.05, 0) is 43.0 Å². The summed E-state index contributed by atoms with van der Waals surface area (Å²) < 4.78 is 46.2. The number of carbonyl (C=O) groups excluding carboxylic acids is 1. The number of amides is 1. The molecule has 4 rings (SSSR count). The summed E-state index contributed by atoms with van der Waals surface area (Å²) in [5.74, 6) is -0.177. The Morgan fingerprint density at radius 2 is 2.00 bits per heavy atom. The van der Waals surface area contributed by atoms with Gasteiger partial charge in [-0.1, -0.05) is 0 Å². The lowest BCUT2D eigenvalue weighted by atomic mass is 10.0. The molecular weight excluding hydrogens is 429 g/mol. The quantitative estimate of drug-likeness (QED) is 0.583. The Balaban J connectivity index is 1.49. The zero-order valence-electron chi connectivity index (χ0n) is 16.6. The Kier molecular flexibility index (Phi) is 6.67. The third-order valence-corrected chi connectivity index (χ3v) is 6.07. The van der Waals surface area contributed by atoms with Crippen LogP contribution in [0.2, 0.25) is 0 Å². The van der Waals surface area contributed by atoms with Gasteiger partial charge in [-0.3, -0.25) is 4.79 Å². The lowest BCUT2D eigenvalue weighted by Gasteiger charge is -2.22. The lowest BCUT2D eigenvalue weighted by Crippen LogP contribution is -2.33. The van der Waals surface area contributed by atoms with Crippen LogP contribution in [0.1, 0.15) is 25.1 Å². The summed E-state index contributed by atoms with van der Waals surface area (Å²) in [5, 5.41) is 8.93. The van der Waals surface area contributed by atoms with Crippen LogP contribution in [-0.2, 0) is 16.0 Å². The molecule has 0 unspecified atom stereocenters. The molecule has 1 amide bonds. The SMILES string of the molecule is O=C(Cc1csc(-c2cnn(C(F)F)c2-c2ccc(F)cc2)n1)NCC1CCOCC1. The zero-order valence-corrected chi connectivity index (χ0v) is 17.4. The smallest absolute Gasteiger partial charge is 0.333 e. The van der Waals surface area contributed by atoms with Crippen LogP contribution in [0.15, 0.2) is 35.8 Å². The van der Waals surface area contributed by atoms with Crippen molar-refractivity contribution in [3.8, 4) is 21.8 Å². The maximum Gasteiger partial charge on any atom is 0.333 e. The van der Waals surface area contributed by atoms with Crippen molar-refractivity contribution in [2.75, 3.05) is 19.8 Å². The number of hydrogen-bond donors (Lipinski definition) is 1. The Bertz CT molecular complexity index is 1030. The van der Waals surface area contributed by atoms with E-state index in [1.165, 1.54) is 41.8 Å². The molecule has 2 aromatic heterocycles. The number of aromatic nitrogens is 3. The number of carbonyl (C=O) groups is 1. The molecule has 1 fully saturated rings. The fourth-order valence-corrected chi connectivity index (χ4v) is 4.34. The van der Waals surface area contributed by atoms with Gasteiger partial charge in [0.25, 0.3) is 0 Å². The summed E-state index contributed by atoms with van der Waals surface area (Å²) in [4.78, 5) is 16.7. The van der Waals surface area contributed by atoms with E-state index in [9.17, 15) is 18.0 Å². The van der Waals surface area contributed by atoms with E-state index in [1.807, 2.05) is 0 Å². The summed E-state index contributed by atoms with van der Waals surface area (Å²) in [7, 11) is 0. The molecule has 31 heavy (non-hydrogen) atoms. The largest absolute Gasteiger partial charge is 0.381 e. The van der Waals surface area contributed by atoms with E-state index in [-0.39, 0.29) is 18.0 Å². The van der Waals surface area contributed by atoms with Crippen molar-refractivity contribution in [1.29, 1.82) is 0 Å². The van der Waals surface area contributed by atoms with E-state index in [0.717, 1.165) is 26.1 Å². The van der Waals surface area contributed by atoms with E-state index in [4.69, 9.17) is 4.74 Å². The van der Waals surface area contributed by atoms with Gasteiger partial charge >= 0.3 is 6.55 Å². The second-order valence-electron chi connectivity index (χ2n) is 7.32. The third kappa shape index (κ3) is 5.13. The number of halogens is 3. The van der Waals surface area contributed by atoms with Crippen LogP contribution < -0.4 is 5.32 Å². The van der Waals surface area contributed by atoms with Gasteiger partial charge in [-0.2, -0.15) is 13.9 Å².